The van der Waals surface area contributed by atoms with Crippen molar-refractivity contribution in [3.05, 3.63) is 60.3 Å². The third-order valence-corrected chi connectivity index (χ3v) is 4.15. The van der Waals surface area contributed by atoms with E-state index in [9.17, 15) is 26.3 Å². The van der Waals surface area contributed by atoms with Gasteiger partial charge in [-0.2, -0.15) is 0 Å². The van der Waals surface area contributed by atoms with Crippen LogP contribution in [0.5, 0.6) is 11.5 Å². The number of hydrogen-bond acceptors (Lipinski definition) is 4. The molecule has 0 aliphatic heterocycles. The molecule has 1 aromatic heterocycles. The number of nitrogen functional groups attached to an aromatic ring is 1. The quantitative estimate of drug-likeness (QED) is 0.510. The number of nitrogens with two attached hydrogens (primary N) is 1. The van der Waals surface area contributed by atoms with Crippen LogP contribution in [-0.4, -0.2) is 17.7 Å². The molecule has 2 aromatic carbocycles. The highest BCUT2D eigenvalue weighted by atomic mass is 19.4. The van der Waals surface area contributed by atoms with Crippen molar-refractivity contribution in [2.24, 2.45) is 0 Å². The van der Waals surface area contributed by atoms with Gasteiger partial charge in [-0.15, -0.1) is 26.3 Å². The Bertz CT molecular complexity index is 1060. The van der Waals surface area contributed by atoms with Crippen LogP contribution in [0.4, 0.5) is 32.2 Å². The molecule has 0 bridgehead atoms. The van der Waals surface area contributed by atoms with Crippen molar-refractivity contribution in [2.45, 2.75) is 19.6 Å². The van der Waals surface area contributed by atoms with Crippen LogP contribution in [0.3, 0.4) is 0 Å². The minimum Gasteiger partial charge on any atom is -0.405 e. The highest BCUT2D eigenvalue weighted by Gasteiger charge is 2.34. The summed E-state index contributed by atoms with van der Waals surface area (Å²) >= 11 is 0. The summed E-state index contributed by atoms with van der Waals surface area (Å²) in [5, 5.41) is 0. The number of para-hydroxylation sites is 2. The molecular formula is C20H14F6N2O2. The molecule has 3 rings (SSSR count). The number of hydrogen-bond donors (Lipinski definition) is 1. The second-order valence-electron chi connectivity index (χ2n) is 6.15. The molecular weight excluding hydrogens is 414 g/mol. The molecule has 4 nitrogen and oxygen atoms in total. The maximum absolute atomic E-state index is 12.8. The van der Waals surface area contributed by atoms with Gasteiger partial charge in [-0.05, 0) is 24.6 Å². The summed E-state index contributed by atoms with van der Waals surface area (Å²) in [7, 11) is 0. The number of anilines is 1. The van der Waals surface area contributed by atoms with Gasteiger partial charge >= 0.3 is 12.7 Å². The lowest BCUT2D eigenvalue weighted by atomic mass is 9.93. The third kappa shape index (κ3) is 4.76. The van der Waals surface area contributed by atoms with Crippen molar-refractivity contribution in [3.63, 3.8) is 0 Å². The largest absolute Gasteiger partial charge is 0.573 e. The number of benzene rings is 2. The first-order chi connectivity index (χ1) is 14.0. The summed E-state index contributed by atoms with van der Waals surface area (Å²) in [5.74, 6) is -1.10. The molecule has 0 amide bonds. The Morgan fingerprint density at radius 3 is 1.73 bits per heavy atom. The summed E-state index contributed by atoms with van der Waals surface area (Å²) in [4.78, 5) is 3.97. The Labute approximate surface area is 166 Å². The molecule has 0 unspecified atom stereocenters. The van der Waals surface area contributed by atoms with E-state index in [2.05, 4.69) is 14.5 Å². The molecule has 158 valence electrons. The van der Waals surface area contributed by atoms with Crippen LogP contribution in [0.1, 0.15) is 5.56 Å². The number of rotatable bonds is 4. The average molecular weight is 428 g/mol. The smallest absolute Gasteiger partial charge is 0.405 e. The lowest BCUT2D eigenvalue weighted by Crippen LogP contribution is -2.18. The van der Waals surface area contributed by atoms with Gasteiger partial charge in [0.05, 0.1) is 0 Å². The topological polar surface area (TPSA) is 57.4 Å². The second-order valence-corrected chi connectivity index (χ2v) is 6.15. The second kappa shape index (κ2) is 7.77. The van der Waals surface area contributed by atoms with Gasteiger partial charge in [-0.3, -0.25) is 0 Å². The number of aromatic nitrogens is 1. The van der Waals surface area contributed by atoms with Crippen molar-refractivity contribution in [1.82, 2.24) is 4.98 Å². The lowest BCUT2D eigenvalue weighted by Gasteiger charge is -2.19. The first-order valence-electron chi connectivity index (χ1n) is 8.41. The Morgan fingerprint density at radius 1 is 0.733 bits per heavy atom. The van der Waals surface area contributed by atoms with Crippen LogP contribution in [0.2, 0.25) is 0 Å². The highest BCUT2D eigenvalue weighted by Crippen LogP contribution is 2.42. The summed E-state index contributed by atoms with van der Waals surface area (Å²) in [6.45, 7) is 1.51. The number of ether oxygens (including phenoxy) is 2. The first-order valence-corrected chi connectivity index (χ1v) is 8.41. The highest BCUT2D eigenvalue weighted by molar-refractivity contribution is 5.87. The minimum absolute atomic E-state index is 0.00611. The normalized spacial score (nSPS) is 12.0. The molecule has 0 atom stereocenters. The van der Waals surface area contributed by atoms with Gasteiger partial charge in [-0.1, -0.05) is 36.4 Å². The van der Waals surface area contributed by atoms with E-state index in [1.54, 1.807) is 0 Å². The van der Waals surface area contributed by atoms with Gasteiger partial charge in [0.15, 0.2) is 0 Å². The lowest BCUT2D eigenvalue weighted by molar-refractivity contribution is -0.275. The van der Waals surface area contributed by atoms with Gasteiger partial charge in [0.2, 0.25) is 0 Å². The predicted octanol–water partition coefficient (Wildman–Crippen LogP) is 6.10. The van der Waals surface area contributed by atoms with Crippen molar-refractivity contribution in [2.75, 3.05) is 5.73 Å². The number of pyridine rings is 1. The summed E-state index contributed by atoms with van der Waals surface area (Å²) < 4.78 is 84.9. The van der Waals surface area contributed by atoms with E-state index in [0.29, 0.717) is 5.56 Å². The van der Waals surface area contributed by atoms with Crippen molar-refractivity contribution < 1.29 is 35.8 Å². The van der Waals surface area contributed by atoms with E-state index in [-0.39, 0.29) is 28.1 Å². The van der Waals surface area contributed by atoms with E-state index < -0.39 is 24.2 Å². The van der Waals surface area contributed by atoms with Gasteiger partial charge < -0.3 is 15.2 Å². The molecule has 30 heavy (non-hydrogen) atoms. The van der Waals surface area contributed by atoms with Crippen molar-refractivity contribution >= 4 is 5.82 Å². The zero-order chi connectivity index (χ0) is 22.1. The SMILES string of the molecule is Cc1c(-c2ccccc2OC(F)(F)F)cnc(N)c1-c1ccccc1OC(F)(F)F. The van der Waals surface area contributed by atoms with Gasteiger partial charge in [0.25, 0.3) is 0 Å². The summed E-state index contributed by atoms with van der Waals surface area (Å²) in [6, 6.07) is 10.6. The minimum atomic E-state index is -4.95. The standard InChI is InChI=1S/C20H14F6N2O2/c1-11-14(12-6-2-4-8-15(12)29-19(21,22)23)10-28-18(27)17(11)13-7-3-5-9-16(13)30-20(24,25)26/h2-10H,1H3,(H2,27,28). The fourth-order valence-electron chi connectivity index (χ4n) is 3.02. The molecule has 0 spiro atoms. The van der Waals surface area contributed by atoms with Crippen LogP contribution in [0.15, 0.2) is 54.7 Å². The van der Waals surface area contributed by atoms with Crippen LogP contribution in [0, 0.1) is 6.92 Å². The fourth-order valence-corrected chi connectivity index (χ4v) is 3.02. The number of nitrogens with zero attached hydrogens (tertiary/aromatic N) is 1. The van der Waals surface area contributed by atoms with Gasteiger partial charge in [-0.25, -0.2) is 4.98 Å². The molecule has 10 heteroatoms. The zero-order valence-electron chi connectivity index (χ0n) is 15.3. The molecule has 3 aromatic rings. The summed E-state index contributed by atoms with van der Waals surface area (Å²) in [6.07, 6.45) is -8.64. The predicted molar refractivity (Wildman–Crippen MR) is 97.6 cm³/mol. The van der Waals surface area contributed by atoms with E-state index in [1.165, 1.54) is 49.5 Å². The molecule has 0 aliphatic rings. The number of alkyl halides is 6. The van der Waals surface area contributed by atoms with Crippen LogP contribution < -0.4 is 15.2 Å². The Balaban J connectivity index is 2.19. The molecule has 1 heterocycles. The summed E-state index contributed by atoms with van der Waals surface area (Å²) in [5.41, 5.74) is 6.58. The molecule has 2 N–H and O–H groups in total. The average Bonchev–Trinajstić information content (AvgIpc) is 2.61. The Kier molecular flexibility index (Phi) is 5.51. The van der Waals surface area contributed by atoms with Crippen molar-refractivity contribution in [3.8, 4) is 33.8 Å². The van der Waals surface area contributed by atoms with Crippen LogP contribution >= 0.6 is 0 Å². The van der Waals surface area contributed by atoms with Crippen LogP contribution in [-0.2, 0) is 0 Å². The van der Waals surface area contributed by atoms with E-state index in [0.717, 1.165) is 12.1 Å². The van der Waals surface area contributed by atoms with E-state index in [1.807, 2.05) is 0 Å². The van der Waals surface area contributed by atoms with Gasteiger partial charge in [0, 0.05) is 28.5 Å². The first kappa shape index (κ1) is 21.3. The van der Waals surface area contributed by atoms with E-state index in [4.69, 9.17) is 5.73 Å². The van der Waals surface area contributed by atoms with E-state index >= 15 is 0 Å². The fraction of sp³-hybridized carbons (Fsp3) is 0.150. The van der Waals surface area contributed by atoms with Crippen LogP contribution in [0.25, 0.3) is 22.3 Å². The molecule has 0 fully saturated rings. The maximum Gasteiger partial charge on any atom is 0.573 e. The maximum atomic E-state index is 12.8. The monoisotopic (exact) mass is 428 g/mol. The van der Waals surface area contributed by atoms with Gasteiger partial charge in [0.1, 0.15) is 17.3 Å². The molecule has 0 aliphatic carbocycles. The number of halogens is 6. The Morgan fingerprint density at radius 2 is 1.20 bits per heavy atom. The molecule has 0 saturated carbocycles. The third-order valence-electron chi connectivity index (χ3n) is 4.15. The van der Waals surface area contributed by atoms with Crippen molar-refractivity contribution in [1.29, 1.82) is 0 Å². The molecule has 0 saturated heterocycles. The Hall–Kier alpha value is -3.43. The molecule has 0 radical (unpaired) electrons. The zero-order valence-corrected chi connectivity index (χ0v) is 15.3.